The lowest BCUT2D eigenvalue weighted by Crippen LogP contribution is -2.61. The molecule has 0 bridgehead atoms. The van der Waals surface area contributed by atoms with Gasteiger partial charge >= 0.3 is 12.1 Å². The molecular formula is C26H46N2O6. The van der Waals surface area contributed by atoms with Gasteiger partial charge in [-0.2, -0.15) is 0 Å². The fraction of sp³-hybridized carbons (Fsp3) is 0.808. The van der Waals surface area contributed by atoms with Crippen LogP contribution in [-0.4, -0.2) is 65.4 Å². The second-order valence-corrected chi connectivity index (χ2v) is 11.2. The maximum absolute atomic E-state index is 13.6. The van der Waals surface area contributed by atoms with Crippen LogP contribution < -0.4 is 5.32 Å². The molecule has 1 saturated heterocycles. The lowest BCUT2D eigenvalue weighted by atomic mass is 9.84. The fourth-order valence-electron chi connectivity index (χ4n) is 4.51. The fourth-order valence-corrected chi connectivity index (χ4v) is 4.51. The smallest absolute Gasteiger partial charge is 0.411 e. The van der Waals surface area contributed by atoms with Crippen LogP contribution >= 0.6 is 0 Å². The normalized spacial score (nSPS) is 24.0. The van der Waals surface area contributed by atoms with Crippen molar-refractivity contribution >= 4 is 18.0 Å². The zero-order valence-corrected chi connectivity index (χ0v) is 22.9. The third-order valence-corrected chi connectivity index (χ3v) is 5.88. The molecule has 1 aliphatic rings. The van der Waals surface area contributed by atoms with Crippen LogP contribution in [0.25, 0.3) is 0 Å². The molecule has 0 aromatic heterocycles. The van der Waals surface area contributed by atoms with Gasteiger partial charge in [-0.05, 0) is 60.8 Å². The number of allylic oxidation sites excluding steroid dienone is 1. The SMILES string of the molecule is C/C=C\[C@@H]1C[C@H](C(=O)OC(C)(C)C)N(C(=O)OC(C)(C)C)[C@H]1[C@@H](NC(C)=O)[C@@H](OC)[C@@H](C)CC. The van der Waals surface area contributed by atoms with Gasteiger partial charge < -0.3 is 19.5 Å². The van der Waals surface area contributed by atoms with Crippen molar-refractivity contribution in [3.63, 3.8) is 0 Å². The quantitative estimate of drug-likeness (QED) is 0.405. The van der Waals surface area contributed by atoms with Crippen molar-refractivity contribution in [2.45, 2.75) is 118 Å². The summed E-state index contributed by atoms with van der Waals surface area (Å²) >= 11 is 0. The van der Waals surface area contributed by atoms with Gasteiger partial charge in [0.1, 0.15) is 17.2 Å². The molecule has 2 amide bonds. The first-order valence-corrected chi connectivity index (χ1v) is 12.2. The molecule has 0 aromatic carbocycles. The molecule has 1 rings (SSSR count). The van der Waals surface area contributed by atoms with E-state index < -0.39 is 41.4 Å². The third-order valence-electron chi connectivity index (χ3n) is 5.88. The minimum absolute atomic E-state index is 0.0918. The monoisotopic (exact) mass is 482 g/mol. The summed E-state index contributed by atoms with van der Waals surface area (Å²) in [4.78, 5) is 40.6. The molecule has 0 unspecified atom stereocenters. The molecule has 8 nitrogen and oxygen atoms in total. The second-order valence-electron chi connectivity index (χ2n) is 11.2. The van der Waals surface area contributed by atoms with E-state index in [9.17, 15) is 14.4 Å². The summed E-state index contributed by atoms with van der Waals surface area (Å²) < 4.78 is 17.3. The molecule has 0 aromatic rings. The Bertz CT molecular complexity index is 737. The van der Waals surface area contributed by atoms with E-state index in [-0.39, 0.29) is 23.8 Å². The van der Waals surface area contributed by atoms with Gasteiger partial charge in [-0.3, -0.25) is 9.69 Å². The Morgan fingerprint density at radius 1 is 1.09 bits per heavy atom. The molecule has 1 N–H and O–H groups in total. The van der Waals surface area contributed by atoms with E-state index in [4.69, 9.17) is 14.2 Å². The minimum Gasteiger partial charge on any atom is -0.458 e. The average molecular weight is 483 g/mol. The van der Waals surface area contributed by atoms with Crippen molar-refractivity contribution < 1.29 is 28.6 Å². The van der Waals surface area contributed by atoms with E-state index in [0.717, 1.165) is 6.42 Å². The summed E-state index contributed by atoms with van der Waals surface area (Å²) in [6, 6.07) is -1.98. The maximum Gasteiger partial charge on any atom is 0.411 e. The highest BCUT2D eigenvalue weighted by molar-refractivity contribution is 5.83. The summed E-state index contributed by atoms with van der Waals surface area (Å²) in [7, 11) is 1.61. The number of nitrogens with zero attached hydrogens (tertiary/aromatic N) is 1. The number of likely N-dealkylation sites (tertiary alicyclic amines) is 1. The van der Waals surface area contributed by atoms with E-state index >= 15 is 0 Å². The van der Waals surface area contributed by atoms with E-state index in [1.54, 1.807) is 48.7 Å². The summed E-state index contributed by atoms with van der Waals surface area (Å²) in [5.74, 6) is -0.850. The van der Waals surface area contributed by atoms with Gasteiger partial charge in [0.2, 0.25) is 5.91 Å². The van der Waals surface area contributed by atoms with Crippen LogP contribution in [0.15, 0.2) is 12.2 Å². The number of hydrogen-bond donors (Lipinski definition) is 1. The van der Waals surface area contributed by atoms with E-state index in [2.05, 4.69) is 12.2 Å². The van der Waals surface area contributed by atoms with Crippen molar-refractivity contribution in [3.05, 3.63) is 12.2 Å². The molecular weight excluding hydrogens is 436 g/mol. The predicted octanol–water partition coefficient (Wildman–Crippen LogP) is 4.46. The molecule has 1 fully saturated rings. The highest BCUT2D eigenvalue weighted by Gasteiger charge is 2.53. The first kappa shape index (κ1) is 29.9. The molecule has 1 heterocycles. The molecule has 196 valence electrons. The van der Waals surface area contributed by atoms with Crippen molar-refractivity contribution in [2.24, 2.45) is 11.8 Å². The summed E-state index contributed by atoms with van der Waals surface area (Å²) in [5.41, 5.74) is -1.48. The van der Waals surface area contributed by atoms with Crippen molar-refractivity contribution in [1.29, 1.82) is 0 Å². The molecule has 8 heteroatoms. The topological polar surface area (TPSA) is 94.2 Å². The van der Waals surface area contributed by atoms with Gasteiger partial charge in [0.15, 0.2) is 0 Å². The zero-order valence-electron chi connectivity index (χ0n) is 22.9. The van der Waals surface area contributed by atoms with Gasteiger partial charge in [-0.1, -0.05) is 32.4 Å². The molecule has 34 heavy (non-hydrogen) atoms. The van der Waals surface area contributed by atoms with Crippen LogP contribution in [0.3, 0.4) is 0 Å². The minimum atomic E-state index is -0.856. The maximum atomic E-state index is 13.6. The lowest BCUT2D eigenvalue weighted by Gasteiger charge is -2.41. The van der Waals surface area contributed by atoms with Crippen molar-refractivity contribution in [2.75, 3.05) is 7.11 Å². The number of carbonyl (C=O) groups is 3. The second kappa shape index (κ2) is 12.0. The van der Waals surface area contributed by atoms with E-state index in [1.807, 2.05) is 26.0 Å². The van der Waals surface area contributed by atoms with Crippen molar-refractivity contribution in [1.82, 2.24) is 10.2 Å². The Balaban J connectivity index is 3.68. The summed E-state index contributed by atoms with van der Waals surface area (Å²) in [6.07, 6.45) is 4.06. The van der Waals surface area contributed by atoms with Crippen LogP contribution in [0.1, 0.15) is 82.1 Å². The summed E-state index contributed by atoms with van der Waals surface area (Å²) in [5, 5.41) is 3.03. The molecule has 0 saturated carbocycles. The predicted molar refractivity (Wildman–Crippen MR) is 132 cm³/mol. The van der Waals surface area contributed by atoms with Crippen LogP contribution in [0, 0.1) is 11.8 Å². The van der Waals surface area contributed by atoms with Crippen LogP contribution in [0.5, 0.6) is 0 Å². The Morgan fingerprint density at radius 2 is 1.65 bits per heavy atom. The van der Waals surface area contributed by atoms with Crippen LogP contribution in [0.4, 0.5) is 4.79 Å². The number of rotatable bonds is 8. The largest absolute Gasteiger partial charge is 0.458 e. The van der Waals surface area contributed by atoms with Gasteiger partial charge in [0, 0.05) is 20.0 Å². The first-order chi connectivity index (χ1) is 15.6. The van der Waals surface area contributed by atoms with Gasteiger partial charge in [0.25, 0.3) is 0 Å². The molecule has 0 spiro atoms. The average Bonchev–Trinajstić information content (AvgIpc) is 3.04. The number of methoxy groups -OCH3 is 1. The van der Waals surface area contributed by atoms with E-state index in [1.165, 1.54) is 11.8 Å². The number of esters is 1. The highest BCUT2D eigenvalue weighted by atomic mass is 16.6. The standard InChI is InChI=1S/C26H46N2O6/c1-12-14-18-15-19(23(30)33-25(5,6)7)28(24(31)34-26(8,9)10)21(18)20(27-17(4)29)22(32-11)16(3)13-2/h12,14,16,18-22H,13,15H2,1-11H3,(H,27,29)/b14-12-/t16-,18+,19+,20+,21+,22-/m0/s1. The zero-order chi connectivity index (χ0) is 26.4. The summed E-state index contributed by atoms with van der Waals surface area (Å²) in [6.45, 7) is 18.2. The molecule has 1 aliphatic heterocycles. The number of hydrogen-bond acceptors (Lipinski definition) is 6. The van der Waals surface area contributed by atoms with Gasteiger partial charge in [-0.25, -0.2) is 9.59 Å². The first-order valence-electron chi connectivity index (χ1n) is 12.2. The Kier molecular flexibility index (Phi) is 10.6. The molecule has 0 radical (unpaired) electrons. The third kappa shape index (κ3) is 8.29. The number of carbonyl (C=O) groups excluding carboxylic acids is 3. The molecule has 0 aliphatic carbocycles. The number of nitrogens with one attached hydrogen (secondary N) is 1. The number of ether oxygens (including phenoxy) is 3. The Hall–Kier alpha value is -2.09. The highest BCUT2D eigenvalue weighted by Crippen LogP contribution is 2.38. The Labute approximate surface area is 205 Å². The Morgan fingerprint density at radius 3 is 2.06 bits per heavy atom. The van der Waals surface area contributed by atoms with Gasteiger partial charge in [-0.15, -0.1) is 0 Å². The lowest BCUT2D eigenvalue weighted by molar-refractivity contribution is -0.160. The van der Waals surface area contributed by atoms with Crippen molar-refractivity contribution in [3.8, 4) is 0 Å². The van der Waals surface area contributed by atoms with Gasteiger partial charge in [0.05, 0.1) is 18.2 Å². The molecule has 6 atom stereocenters. The van der Waals surface area contributed by atoms with Crippen LogP contribution in [0.2, 0.25) is 0 Å². The number of amides is 2. The van der Waals surface area contributed by atoms with E-state index in [0.29, 0.717) is 6.42 Å². The van der Waals surface area contributed by atoms with Crippen LogP contribution in [-0.2, 0) is 23.8 Å².